The van der Waals surface area contributed by atoms with E-state index in [1.807, 2.05) is 53.2 Å². The van der Waals surface area contributed by atoms with Crippen LogP contribution in [0.15, 0.2) is 72.0 Å². The van der Waals surface area contributed by atoms with Gasteiger partial charge in [0.15, 0.2) is 22.5 Å². The van der Waals surface area contributed by atoms with Gasteiger partial charge in [-0.05, 0) is 30.3 Å². The Morgan fingerprint density at radius 3 is 2.44 bits per heavy atom. The zero-order valence-corrected chi connectivity index (χ0v) is 22.7. The predicted octanol–water partition coefficient (Wildman–Crippen LogP) is 5.18. The van der Waals surface area contributed by atoms with E-state index in [0.29, 0.717) is 45.4 Å². The fraction of sp³-hybridized carbons (Fsp3) is 0.179. The lowest BCUT2D eigenvalue weighted by molar-refractivity contribution is -0.113. The number of hydrogen-bond acceptors (Lipinski definition) is 8. The number of methoxy groups -OCH3 is 4. The first-order valence-corrected chi connectivity index (χ1v) is 12.9. The quantitative estimate of drug-likeness (QED) is 0.231. The molecule has 0 saturated heterocycles. The van der Waals surface area contributed by atoms with Crippen LogP contribution in [0.25, 0.3) is 28.0 Å². The highest BCUT2D eigenvalue weighted by molar-refractivity contribution is 7.99. The second kappa shape index (κ2) is 11.4. The lowest BCUT2D eigenvalue weighted by Gasteiger charge is -2.15. The average Bonchev–Trinajstić information content (AvgIpc) is 3.59. The molecule has 0 radical (unpaired) electrons. The van der Waals surface area contributed by atoms with E-state index in [0.717, 1.165) is 16.5 Å². The minimum absolute atomic E-state index is 0.0899. The number of carbonyl (C=O) groups is 1. The molecule has 0 unspecified atom stereocenters. The second-order valence-electron chi connectivity index (χ2n) is 8.33. The number of para-hydroxylation sites is 1. The van der Waals surface area contributed by atoms with Crippen molar-refractivity contribution >= 4 is 34.3 Å². The number of hydrogen-bond donors (Lipinski definition) is 2. The van der Waals surface area contributed by atoms with Gasteiger partial charge in [-0.15, -0.1) is 10.2 Å². The van der Waals surface area contributed by atoms with Gasteiger partial charge in [-0.3, -0.25) is 9.36 Å². The third kappa shape index (κ3) is 5.21. The molecule has 1 amide bonds. The van der Waals surface area contributed by atoms with Gasteiger partial charge >= 0.3 is 0 Å². The van der Waals surface area contributed by atoms with Crippen LogP contribution in [0.2, 0.25) is 0 Å². The van der Waals surface area contributed by atoms with Crippen LogP contribution in [0.4, 0.5) is 5.69 Å². The summed E-state index contributed by atoms with van der Waals surface area (Å²) in [7, 11) is 6.31. The van der Waals surface area contributed by atoms with Gasteiger partial charge in [-0.25, -0.2) is 0 Å². The molecule has 2 heterocycles. The van der Waals surface area contributed by atoms with Gasteiger partial charge in [0.2, 0.25) is 5.91 Å². The topological polar surface area (TPSA) is 113 Å². The van der Waals surface area contributed by atoms with Crippen molar-refractivity contribution in [2.75, 3.05) is 39.5 Å². The number of ether oxygens (including phenoxy) is 4. The zero-order chi connectivity index (χ0) is 27.4. The summed E-state index contributed by atoms with van der Waals surface area (Å²) in [5.74, 6) is 2.83. The third-order valence-electron chi connectivity index (χ3n) is 6.09. The van der Waals surface area contributed by atoms with Gasteiger partial charge < -0.3 is 29.2 Å². The van der Waals surface area contributed by atoms with E-state index >= 15 is 0 Å². The molecule has 39 heavy (non-hydrogen) atoms. The molecule has 0 aliphatic rings. The summed E-state index contributed by atoms with van der Waals surface area (Å²) < 4.78 is 23.7. The van der Waals surface area contributed by atoms with Crippen molar-refractivity contribution in [3.8, 4) is 40.1 Å². The van der Waals surface area contributed by atoms with Crippen molar-refractivity contribution in [3.05, 3.63) is 66.9 Å². The Hall–Kier alpha value is -4.64. The van der Waals surface area contributed by atoms with Gasteiger partial charge in [0.25, 0.3) is 0 Å². The number of fused-ring (bicyclic) bond motifs is 1. The number of aromatic amines is 1. The standard InChI is InChI=1S/C28H27N5O5S/c1-35-18-10-12-23(36-2)22(14-18)33-27(20-15-29-21-8-6-5-7-19(20)21)31-32-28(33)39-16-26(34)30-17-9-11-24(37-3)25(13-17)38-4/h5-15,29H,16H2,1-4H3,(H,30,34). The van der Waals surface area contributed by atoms with Crippen molar-refractivity contribution in [1.29, 1.82) is 0 Å². The number of rotatable bonds is 10. The van der Waals surface area contributed by atoms with Gasteiger partial charge in [-0.1, -0.05) is 30.0 Å². The van der Waals surface area contributed by atoms with E-state index in [1.165, 1.54) is 11.8 Å². The number of benzene rings is 3. The molecule has 0 spiro atoms. The number of carbonyl (C=O) groups excluding carboxylic acids is 1. The van der Waals surface area contributed by atoms with Crippen LogP contribution in [0, 0.1) is 0 Å². The Morgan fingerprint density at radius 1 is 0.897 bits per heavy atom. The normalized spacial score (nSPS) is 10.9. The molecule has 0 aliphatic carbocycles. The molecule has 0 fully saturated rings. The number of anilines is 1. The summed E-state index contributed by atoms with van der Waals surface area (Å²) in [5.41, 5.74) is 3.12. The molecular formula is C28H27N5O5S. The smallest absolute Gasteiger partial charge is 0.234 e. The first-order chi connectivity index (χ1) is 19.1. The van der Waals surface area contributed by atoms with E-state index in [-0.39, 0.29) is 11.7 Å². The van der Waals surface area contributed by atoms with Crippen molar-refractivity contribution in [2.24, 2.45) is 0 Å². The van der Waals surface area contributed by atoms with Crippen LogP contribution in [-0.4, -0.2) is 59.8 Å². The number of nitrogens with one attached hydrogen (secondary N) is 2. The molecule has 0 atom stereocenters. The zero-order valence-electron chi connectivity index (χ0n) is 21.8. The van der Waals surface area contributed by atoms with Crippen molar-refractivity contribution < 1.29 is 23.7 Å². The minimum atomic E-state index is -0.215. The Kier molecular flexibility index (Phi) is 7.60. The Labute approximate surface area is 229 Å². The largest absolute Gasteiger partial charge is 0.497 e. The Bertz CT molecular complexity index is 1630. The van der Waals surface area contributed by atoms with Crippen LogP contribution in [0.1, 0.15) is 0 Å². The molecular weight excluding hydrogens is 518 g/mol. The van der Waals surface area contributed by atoms with Crippen LogP contribution in [0.3, 0.4) is 0 Å². The van der Waals surface area contributed by atoms with Crippen LogP contribution in [-0.2, 0) is 4.79 Å². The number of H-pyrrole nitrogens is 1. The molecule has 0 saturated carbocycles. The summed E-state index contributed by atoms with van der Waals surface area (Å²) >= 11 is 1.26. The number of thioether (sulfide) groups is 1. The van der Waals surface area contributed by atoms with Gasteiger partial charge in [0.1, 0.15) is 11.5 Å². The highest BCUT2D eigenvalue weighted by atomic mass is 32.2. The second-order valence-corrected chi connectivity index (χ2v) is 9.28. The van der Waals surface area contributed by atoms with Crippen molar-refractivity contribution in [3.63, 3.8) is 0 Å². The SMILES string of the molecule is COc1ccc(OC)c(-n2c(SCC(=O)Nc3ccc(OC)c(OC)c3)nnc2-c2c[nH]c3ccccc23)c1. The molecule has 2 N–H and O–H groups in total. The van der Waals surface area contributed by atoms with Crippen LogP contribution < -0.4 is 24.3 Å². The molecule has 10 nitrogen and oxygen atoms in total. The van der Waals surface area contributed by atoms with E-state index in [4.69, 9.17) is 18.9 Å². The summed E-state index contributed by atoms with van der Waals surface area (Å²) in [6.45, 7) is 0. The Balaban J connectivity index is 1.49. The predicted molar refractivity (Wildman–Crippen MR) is 151 cm³/mol. The maximum absolute atomic E-state index is 12.9. The summed E-state index contributed by atoms with van der Waals surface area (Å²) in [5, 5.41) is 13.4. The fourth-order valence-corrected chi connectivity index (χ4v) is 4.97. The summed E-state index contributed by atoms with van der Waals surface area (Å²) in [6, 6.07) is 18.7. The van der Waals surface area contributed by atoms with E-state index in [2.05, 4.69) is 20.5 Å². The van der Waals surface area contributed by atoms with E-state index < -0.39 is 0 Å². The monoisotopic (exact) mass is 545 g/mol. The van der Waals surface area contributed by atoms with Gasteiger partial charge in [-0.2, -0.15) is 0 Å². The third-order valence-corrected chi connectivity index (χ3v) is 7.02. The lowest BCUT2D eigenvalue weighted by Crippen LogP contribution is -2.14. The fourth-order valence-electron chi connectivity index (χ4n) is 4.22. The molecule has 11 heteroatoms. The van der Waals surface area contributed by atoms with E-state index in [1.54, 1.807) is 46.6 Å². The molecule has 3 aromatic carbocycles. The van der Waals surface area contributed by atoms with Crippen LogP contribution >= 0.6 is 11.8 Å². The molecule has 200 valence electrons. The summed E-state index contributed by atoms with van der Waals surface area (Å²) in [6.07, 6.45) is 1.90. The first kappa shape index (κ1) is 26.0. The average molecular weight is 546 g/mol. The van der Waals surface area contributed by atoms with Crippen molar-refractivity contribution in [1.82, 2.24) is 19.7 Å². The number of nitrogens with zero attached hydrogens (tertiary/aromatic N) is 3. The maximum atomic E-state index is 12.9. The van der Waals surface area contributed by atoms with Gasteiger partial charge in [0, 0.05) is 40.5 Å². The molecule has 0 bridgehead atoms. The molecule has 5 aromatic rings. The Morgan fingerprint density at radius 2 is 1.67 bits per heavy atom. The van der Waals surface area contributed by atoms with Gasteiger partial charge in [0.05, 0.1) is 39.9 Å². The lowest BCUT2D eigenvalue weighted by atomic mass is 10.1. The molecule has 2 aromatic heterocycles. The maximum Gasteiger partial charge on any atom is 0.234 e. The first-order valence-electron chi connectivity index (χ1n) is 11.9. The molecule has 0 aliphatic heterocycles. The van der Waals surface area contributed by atoms with Crippen molar-refractivity contribution in [2.45, 2.75) is 5.16 Å². The van der Waals surface area contributed by atoms with Crippen LogP contribution in [0.5, 0.6) is 23.0 Å². The minimum Gasteiger partial charge on any atom is -0.497 e. The number of aromatic nitrogens is 4. The number of amides is 1. The summed E-state index contributed by atoms with van der Waals surface area (Å²) in [4.78, 5) is 16.2. The molecule has 5 rings (SSSR count). The highest BCUT2D eigenvalue weighted by Crippen LogP contribution is 2.37. The highest BCUT2D eigenvalue weighted by Gasteiger charge is 2.22. The van der Waals surface area contributed by atoms with E-state index in [9.17, 15) is 4.79 Å².